The first-order valence-corrected chi connectivity index (χ1v) is 11.2. The number of ether oxygens (including phenoxy) is 2. The molecule has 1 heterocycles. The van der Waals surface area contributed by atoms with Crippen molar-refractivity contribution in [3.05, 3.63) is 54.1 Å². The number of aliphatic hydroxyl groups is 1. The first-order valence-electron chi connectivity index (χ1n) is 9.68. The molecule has 2 atom stereocenters. The molecule has 2 aromatic carbocycles. The molecule has 0 radical (unpaired) electrons. The van der Waals surface area contributed by atoms with Gasteiger partial charge < -0.3 is 30.3 Å². The maximum absolute atomic E-state index is 13.1. The largest absolute Gasteiger partial charge is 0.497 e. The summed E-state index contributed by atoms with van der Waals surface area (Å²) < 4.78 is 37.1. The third-order valence-corrected chi connectivity index (χ3v) is 7.68. The van der Waals surface area contributed by atoms with E-state index in [0.29, 0.717) is 11.5 Å². The lowest BCUT2D eigenvalue weighted by Crippen LogP contribution is -2.65. The van der Waals surface area contributed by atoms with Crippen LogP contribution in [0.5, 0.6) is 11.5 Å². The molecule has 0 aromatic heterocycles. The van der Waals surface area contributed by atoms with Crippen molar-refractivity contribution in [2.24, 2.45) is 5.73 Å². The lowest BCUT2D eigenvalue weighted by atomic mass is 9.92. The highest BCUT2D eigenvalue weighted by Crippen LogP contribution is 2.33. The van der Waals surface area contributed by atoms with E-state index in [0.717, 1.165) is 10.5 Å². The molecule has 2 unspecified atom stereocenters. The highest BCUT2D eigenvalue weighted by molar-refractivity contribution is 7.92. The maximum atomic E-state index is 13.1. The Morgan fingerprint density at radius 3 is 2.47 bits per heavy atom. The van der Waals surface area contributed by atoms with Gasteiger partial charge in [-0.2, -0.15) is 0 Å². The topological polar surface area (TPSA) is 156 Å². The average Bonchev–Trinajstić information content (AvgIpc) is 2.77. The Morgan fingerprint density at radius 1 is 1.19 bits per heavy atom. The number of nitrogens with zero attached hydrogens (tertiary/aromatic N) is 1. The highest BCUT2D eigenvalue weighted by atomic mass is 32.2. The molecule has 2 aromatic rings. The molecule has 4 N–H and O–H groups in total. The van der Waals surface area contributed by atoms with Crippen molar-refractivity contribution < 1.29 is 37.7 Å². The Morgan fingerprint density at radius 2 is 1.88 bits per heavy atom. The summed E-state index contributed by atoms with van der Waals surface area (Å²) in [4.78, 5) is 23.9. The minimum Gasteiger partial charge on any atom is -0.497 e. The Kier molecular flexibility index (Phi) is 6.60. The van der Waals surface area contributed by atoms with Crippen molar-refractivity contribution >= 4 is 21.8 Å². The summed E-state index contributed by atoms with van der Waals surface area (Å²) >= 11 is 0. The van der Waals surface area contributed by atoms with Crippen molar-refractivity contribution in [1.82, 2.24) is 4.90 Å². The van der Waals surface area contributed by atoms with Crippen LogP contribution in [-0.4, -0.2) is 66.6 Å². The molecule has 10 nitrogen and oxygen atoms in total. The Hall–Kier alpha value is -3.31. The number of benzene rings is 2. The molecule has 0 spiro atoms. The van der Waals surface area contributed by atoms with Crippen molar-refractivity contribution in [2.75, 3.05) is 20.2 Å². The van der Waals surface area contributed by atoms with E-state index in [1.807, 2.05) is 18.2 Å². The predicted octanol–water partition coefficient (Wildman–Crippen LogP) is 1.02. The van der Waals surface area contributed by atoms with Crippen LogP contribution in [0.25, 0.3) is 0 Å². The maximum Gasteiger partial charge on any atom is 0.338 e. The van der Waals surface area contributed by atoms with Crippen LogP contribution < -0.4 is 15.2 Å². The van der Waals surface area contributed by atoms with Crippen LogP contribution in [-0.2, 0) is 21.2 Å². The second-order valence-electron chi connectivity index (χ2n) is 7.42. The van der Waals surface area contributed by atoms with Gasteiger partial charge >= 0.3 is 12.0 Å². The van der Waals surface area contributed by atoms with Crippen LogP contribution in [0.15, 0.2) is 53.4 Å². The number of urea groups is 1. The summed E-state index contributed by atoms with van der Waals surface area (Å²) in [7, 11) is -2.68. The number of methoxy groups -OCH3 is 1. The van der Waals surface area contributed by atoms with Crippen LogP contribution in [0.1, 0.15) is 12.0 Å². The van der Waals surface area contributed by atoms with Crippen LogP contribution in [0.4, 0.5) is 4.79 Å². The summed E-state index contributed by atoms with van der Waals surface area (Å²) in [6.45, 7) is -0.576. The second-order valence-corrected chi connectivity index (χ2v) is 9.55. The van der Waals surface area contributed by atoms with Gasteiger partial charge in [-0.3, -0.25) is 0 Å². The summed E-state index contributed by atoms with van der Waals surface area (Å²) in [5.41, 5.74) is 3.34. The number of carbonyl (C=O) groups is 2. The molecule has 32 heavy (non-hydrogen) atoms. The minimum atomic E-state index is -4.24. The zero-order chi connectivity index (χ0) is 23.5. The number of sulfone groups is 1. The van der Waals surface area contributed by atoms with E-state index >= 15 is 0 Å². The molecular weight excluding hydrogens is 440 g/mol. The van der Waals surface area contributed by atoms with Gasteiger partial charge in [0.15, 0.2) is 15.4 Å². The van der Waals surface area contributed by atoms with Gasteiger partial charge in [-0.15, -0.1) is 0 Å². The van der Waals surface area contributed by atoms with Crippen molar-refractivity contribution in [3.63, 3.8) is 0 Å². The summed E-state index contributed by atoms with van der Waals surface area (Å²) in [5, 5.41) is 18.5. The number of carboxylic acid groups (broad SMARTS) is 1. The van der Waals surface area contributed by atoms with Crippen LogP contribution in [0.3, 0.4) is 0 Å². The van der Waals surface area contributed by atoms with E-state index in [9.17, 15) is 28.2 Å². The summed E-state index contributed by atoms with van der Waals surface area (Å²) in [6.07, 6.45) is -0.276. The van der Waals surface area contributed by atoms with Gasteiger partial charge in [0, 0.05) is 6.54 Å². The molecule has 3 rings (SSSR count). The van der Waals surface area contributed by atoms with Gasteiger partial charge in [-0.25, -0.2) is 18.0 Å². The fourth-order valence-corrected chi connectivity index (χ4v) is 5.56. The number of nitrogens with two attached hydrogens (primary N) is 1. The molecule has 1 aliphatic rings. The second kappa shape index (κ2) is 9.05. The van der Waals surface area contributed by atoms with Crippen molar-refractivity contribution in [1.29, 1.82) is 0 Å². The molecule has 0 aliphatic carbocycles. The van der Waals surface area contributed by atoms with Gasteiger partial charge in [0.25, 0.3) is 0 Å². The number of carboxylic acids is 1. The van der Waals surface area contributed by atoms with Gasteiger partial charge in [0.05, 0.1) is 18.6 Å². The van der Waals surface area contributed by atoms with E-state index in [1.54, 1.807) is 13.2 Å². The fraction of sp³-hybridized carbons (Fsp3) is 0.333. The lowest BCUT2D eigenvalue weighted by molar-refractivity contribution is -0.162. The number of likely N-dealkylation sites (tertiary alicyclic amines) is 1. The molecule has 1 saturated heterocycles. The van der Waals surface area contributed by atoms with E-state index in [-0.39, 0.29) is 24.5 Å². The third-order valence-electron chi connectivity index (χ3n) is 5.37. The first-order chi connectivity index (χ1) is 15.1. The zero-order valence-electron chi connectivity index (χ0n) is 17.3. The van der Waals surface area contributed by atoms with Crippen LogP contribution >= 0.6 is 0 Å². The minimum absolute atomic E-state index is 0.0868. The Labute approximate surface area is 185 Å². The third kappa shape index (κ3) is 4.63. The zero-order valence-corrected chi connectivity index (χ0v) is 18.1. The summed E-state index contributed by atoms with van der Waals surface area (Å²) in [6, 6.07) is 11.8. The quantitative estimate of drug-likeness (QED) is 0.548. The molecule has 1 fully saturated rings. The normalized spacial score (nSPS) is 21.1. The number of primary amides is 1. The Balaban J connectivity index is 1.78. The van der Waals surface area contributed by atoms with Crippen molar-refractivity contribution in [3.8, 4) is 11.5 Å². The Bertz CT molecular complexity index is 1100. The SMILES string of the molecule is COc1cccc(COc2ccc(S(=O)(=O)C3CCN(C(N)=O)CC3(O)C(=O)O)cc2)c1. The number of β-amino-alcohol motifs (C(OH)–C–C–N with tert-alkyl or cyclic N) is 1. The van der Waals surface area contributed by atoms with Crippen molar-refractivity contribution in [2.45, 2.75) is 28.8 Å². The smallest absolute Gasteiger partial charge is 0.338 e. The molecule has 172 valence electrons. The van der Waals surface area contributed by atoms with E-state index in [2.05, 4.69) is 0 Å². The lowest BCUT2D eigenvalue weighted by Gasteiger charge is -2.40. The predicted molar refractivity (Wildman–Crippen MR) is 113 cm³/mol. The standard InChI is InChI=1S/C21H24N2O8S/c1-30-16-4-2-3-14(11-16)12-31-15-5-7-17(8-6-15)32(28,29)18-9-10-23(20(22)26)13-21(18,27)19(24)25/h2-8,11,18,27H,9-10,12-13H2,1H3,(H2,22,26)(H,24,25). The number of hydrogen-bond acceptors (Lipinski definition) is 7. The summed E-state index contributed by atoms with van der Waals surface area (Å²) in [5.74, 6) is -0.653. The molecule has 0 bridgehead atoms. The highest BCUT2D eigenvalue weighted by Gasteiger charge is 2.55. The number of aliphatic carboxylic acids is 1. The van der Waals surface area contributed by atoms with Gasteiger partial charge in [-0.1, -0.05) is 12.1 Å². The van der Waals surface area contributed by atoms with Gasteiger partial charge in [0.2, 0.25) is 0 Å². The number of carbonyl (C=O) groups excluding carboxylic acids is 1. The van der Waals surface area contributed by atoms with E-state index < -0.39 is 39.2 Å². The van der Waals surface area contributed by atoms with Gasteiger partial charge in [0.1, 0.15) is 23.4 Å². The van der Waals surface area contributed by atoms with Gasteiger partial charge in [-0.05, 0) is 48.4 Å². The average molecular weight is 464 g/mol. The van der Waals surface area contributed by atoms with E-state index in [4.69, 9.17) is 15.2 Å². The molecule has 11 heteroatoms. The van der Waals surface area contributed by atoms with Crippen LogP contribution in [0.2, 0.25) is 0 Å². The first kappa shape index (κ1) is 23.4. The number of hydrogen-bond donors (Lipinski definition) is 3. The number of piperidine rings is 1. The number of rotatable bonds is 7. The van der Waals surface area contributed by atoms with Crippen LogP contribution in [0, 0.1) is 0 Å². The molecule has 2 amide bonds. The monoisotopic (exact) mass is 464 g/mol. The fourth-order valence-electron chi connectivity index (χ4n) is 3.61. The molecule has 0 saturated carbocycles. The number of amides is 2. The van der Waals surface area contributed by atoms with E-state index in [1.165, 1.54) is 24.3 Å². The molecular formula is C21H24N2O8S. The molecule has 1 aliphatic heterocycles.